The summed E-state index contributed by atoms with van der Waals surface area (Å²) in [6.07, 6.45) is 4.52. The van der Waals surface area contributed by atoms with Crippen molar-refractivity contribution in [3.63, 3.8) is 0 Å². The highest BCUT2D eigenvalue weighted by molar-refractivity contribution is 5.75. The monoisotopic (exact) mass is 389 g/mol. The molecule has 1 atom stereocenters. The molecule has 0 N–H and O–H groups in total. The van der Waals surface area contributed by atoms with Crippen molar-refractivity contribution in [1.29, 1.82) is 0 Å². The molecule has 1 aliphatic rings. The van der Waals surface area contributed by atoms with Gasteiger partial charge in [0.05, 0.1) is 11.4 Å². The molecule has 1 unspecified atom stereocenters. The quantitative estimate of drug-likeness (QED) is 0.358. The lowest BCUT2D eigenvalue weighted by atomic mass is 9.69. The van der Waals surface area contributed by atoms with Gasteiger partial charge in [-0.25, -0.2) is 0 Å². The molecule has 0 saturated carbocycles. The second-order valence-corrected chi connectivity index (χ2v) is 8.69. The number of hydrogen-bond acceptors (Lipinski definition) is 1. The fraction of sp³-hybridized carbons (Fsp3) is 0.207. The van der Waals surface area contributed by atoms with Gasteiger partial charge in [0.25, 0.3) is 0 Å². The third-order valence-corrected chi connectivity index (χ3v) is 6.44. The zero-order chi connectivity index (χ0) is 20.4. The van der Waals surface area contributed by atoms with E-state index in [1.807, 2.05) is 0 Å². The summed E-state index contributed by atoms with van der Waals surface area (Å²) in [6, 6.07) is 34.6. The molecule has 4 aromatic rings. The van der Waals surface area contributed by atoms with E-state index in [-0.39, 0.29) is 5.41 Å². The molecule has 148 valence electrons. The molecule has 1 aliphatic carbocycles. The highest BCUT2D eigenvalue weighted by Crippen LogP contribution is 2.43. The van der Waals surface area contributed by atoms with Crippen LogP contribution in [0.15, 0.2) is 97.1 Å². The molecule has 1 heteroatoms. The fourth-order valence-electron chi connectivity index (χ4n) is 4.95. The van der Waals surface area contributed by atoms with Gasteiger partial charge in [-0.2, -0.15) is 0 Å². The summed E-state index contributed by atoms with van der Waals surface area (Å²) < 4.78 is 0. The normalized spacial score (nSPS) is 18.0. The molecule has 3 aromatic carbocycles. The minimum absolute atomic E-state index is 0.0449. The van der Waals surface area contributed by atoms with Gasteiger partial charge in [-0.15, -0.1) is 0 Å². The lowest BCUT2D eigenvalue weighted by molar-refractivity contribution is 0.380. The Hall–Kier alpha value is -3.19. The lowest BCUT2D eigenvalue weighted by Crippen LogP contribution is -2.32. The fourth-order valence-corrected chi connectivity index (χ4v) is 4.95. The van der Waals surface area contributed by atoms with Crippen LogP contribution in [-0.4, -0.2) is 4.98 Å². The Morgan fingerprint density at radius 3 is 2.03 bits per heavy atom. The summed E-state index contributed by atoms with van der Waals surface area (Å²) in [4.78, 5) is 5.32. The van der Waals surface area contributed by atoms with Gasteiger partial charge in [0.15, 0.2) is 0 Å². The maximum Gasteiger partial charge on any atom is 0.0711 e. The van der Waals surface area contributed by atoms with E-state index in [4.69, 9.17) is 4.98 Å². The van der Waals surface area contributed by atoms with E-state index in [2.05, 4.69) is 104 Å². The van der Waals surface area contributed by atoms with E-state index in [1.54, 1.807) is 0 Å². The lowest BCUT2D eigenvalue weighted by Gasteiger charge is -2.36. The Morgan fingerprint density at radius 2 is 1.37 bits per heavy atom. The number of benzene rings is 3. The van der Waals surface area contributed by atoms with Gasteiger partial charge in [-0.1, -0.05) is 97.9 Å². The van der Waals surface area contributed by atoms with Crippen LogP contribution >= 0.6 is 0 Å². The van der Waals surface area contributed by atoms with Gasteiger partial charge in [0.2, 0.25) is 0 Å². The summed E-state index contributed by atoms with van der Waals surface area (Å²) in [7, 11) is 0. The van der Waals surface area contributed by atoms with Crippen molar-refractivity contribution in [2.24, 2.45) is 0 Å². The van der Waals surface area contributed by atoms with Crippen LogP contribution in [0.1, 0.15) is 36.6 Å². The maximum absolute atomic E-state index is 5.32. The molecule has 0 saturated heterocycles. The molecule has 0 amide bonds. The molecule has 0 spiro atoms. The van der Waals surface area contributed by atoms with Crippen molar-refractivity contribution < 1.29 is 0 Å². The van der Waals surface area contributed by atoms with Crippen molar-refractivity contribution >= 4 is 0 Å². The molecule has 1 nitrogen and oxygen atoms in total. The topological polar surface area (TPSA) is 12.9 Å². The van der Waals surface area contributed by atoms with E-state index >= 15 is 0 Å². The standard InChI is InChI=1S/C29H27N/c1-29(21-22-12-5-2-6-13-22)19-11-18-25-26(23-14-7-3-8-15-23)20-27(30-28(25)29)24-16-9-4-10-17-24/h2-10,12-17,20H,11,18-19,21H2,1H3. The molecular formula is C29H27N. The Kier molecular flexibility index (Phi) is 4.96. The summed E-state index contributed by atoms with van der Waals surface area (Å²) in [5.41, 5.74) is 9.06. The average molecular weight is 390 g/mol. The highest BCUT2D eigenvalue weighted by Gasteiger charge is 2.35. The predicted octanol–water partition coefficient (Wildman–Crippen LogP) is 7.25. The Bertz CT molecular complexity index is 1130. The van der Waals surface area contributed by atoms with E-state index in [1.165, 1.54) is 46.4 Å². The van der Waals surface area contributed by atoms with Crippen LogP contribution in [0.25, 0.3) is 22.4 Å². The molecule has 30 heavy (non-hydrogen) atoms. The third-order valence-electron chi connectivity index (χ3n) is 6.44. The van der Waals surface area contributed by atoms with Gasteiger partial charge in [-0.05, 0) is 54.0 Å². The van der Waals surface area contributed by atoms with Crippen LogP contribution in [-0.2, 0) is 18.3 Å². The Balaban J connectivity index is 1.71. The minimum Gasteiger partial charge on any atom is -0.252 e. The highest BCUT2D eigenvalue weighted by atomic mass is 14.8. The summed E-state index contributed by atoms with van der Waals surface area (Å²) >= 11 is 0. The van der Waals surface area contributed by atoms with Crippen LogP contribution in [0.3, 0.4) is 0 Å². The molecule has 5 rings (SSSR count). The second kappa shape index (κ2) is 7.91. The first-order chi connectivity index (χ1) is 14.7. The molecule has 1 aromatic heterocycles. The first-order valence-electron chi connectivity index (χ1n) is 10.9. The van der Waals surface area contributed by atoms with Crippen molar-refractivity contribution in [2.75, 3.05) is 0 Å². The number of nitrogens with zero attached hydrogens (tertiary/aromatic N) is 1. The summed E-state index contributed by atoms with van der Waals surface area (Å²) in [5.74, 6) is 0. The van der Waals surface area contributed by atoms with Crippen LogP contribution < -0.4 is 0 Å². The molecule has 1 heterocycles. The van der Waals surface area contributed by atoms with E-state index in [0.29, 0.717) is 0 Å². The van der Waals surface area contributed by atoms with Crippen molar-refractivity contribution in [1.82, 2.24) is 4.98 Å². The smallest absolute Gasteiger partial charge is 0.0711 e. The SMILES string of the molecule is CC1(Cc2ccccc2)CCCc2c(-c3ccccc3)cc(-c3ccccc3)nc21. The van der Waals surface area contributed by atoms with E-state index < -0.39 is 0 Å². The number of pyridine rings is 1. The molecule has 0 fully saturated rings. The zero-order valence-corrected chi connectivity index (χ0v) is 17.5. The van der Waals surface area contributed by atoms with Gasteiger partial charge in [-0.3, -0.25) is 4.98 Å². The molecular weight excluding hydrogens is 362 g/mol. The largest absolute Gasteiger partial charge is 0.252 e. The number of fused-ring (bicyclic) bond motifs is 1. The first kappa shape index (κ1) is 18.8. The summed E-state index contributed by atoms with van der Waals surface area (Å²) in [6.45, 7) is 2.41. The van der Waals surface area contributed by atoms with Crippen molar-refractivity contribution in [2.45, 2.75) is 38.0 Å². The van der Waals surface area contributed by atoms with Crippen LogP contribution in [0.2, 0.25) is 0 Å². The zero-order valence-electron chi connectivity index (χ0n) is 17.5. The van der Waals surface area contributed by atoms with Crippen LogP contribution in [0, 0.1) is 0 Å². The molecule has 0 aliphatic heterocycles. The third kappa shape index (κ3) is 3.57. The first-order valence-corrected chi connectivity index (χ1v) is 10.9. The van der Waals surface area contributed by atoms with E-state index in [9.17, 15) is 0 Å². The van der Waals surface area contributed by atoms with Crippen molar-refractivity contribution in [3.05, 3.63) is 114 Å². The Labute approximate surface area is 179 Å². The number of aromatic nitrogens is 1. The maximum atomic E-state index is 5.32. The predicted molar refractivity (Wildman–Crippen MR) is 126 cm³/mol. The van der Waals surface area contributed by atoms with Gasteiger partial charge in [0.1, 0.15) is 0 Å². The van der Waals surface area contributed by atoms with Gasteiger partial charge >= 0.3 is 0 Å². The molecule has 0 bridgehead atoms. The second-order valence-electron chi connectivity index (χ2n) is 8.69. The number of hydrogen-bond donors (Lipinski definition) is 0. The van der Waals surface area contributed by atoms with Crippen molar-refractivity contribution in [3.8, 4) is 22.4 Å². The average Bonchev–Trinajstić information content (AvgIpc) is 2.80. The number of rotatable bonds is 4. The van der Waals surface area contributed by atoms with Crippen LogP contribution in [0.5, 0.6) is 0 Å². The molecule has 0 radical (unpaired) electrons. The van der Waals surface area contributed by atoms with Gasteiger partial charge < -0.3 is 0 Å². The minimum atomic E-state index is 0.0449. The van der Waals surface area contributed by atoms with Crippen LogP contribution in [0.4, 0.5) is 0 Å². The van der Waals surface area contributed by atoms with Gasteiger partial charge in [0, 0.05) is 11.0 Å². The van der Waals surface area contributed by atoms with E-state index in [0.717, 1.165) is 18.5 Å². The summed E-state index contributed by atoms with van der Waals surface area (Å²) in [5, 5.41) is 0. The Morgan fingerprint density at radius 1 is 0.767 bits per heavy atom.